The Kier molecular flexibility index (Phi) is 13.5. The van der Waals surface area contributed by atoms with Gasteiger partial charge in [0.15, 0.2) is 17.5 Å². The smallest absolute Gasteiger partial charge is 0.191 e. The minimum Gasteiger partial charge on any atom is -0.493 e. The van der Waals surface area contributed by atoms with Crippen LogP contribution in [-0.4, -0.2) is 53.6 Å². The number of nitrogens with one attached hydrogen (secondary N) is 2. The van der Waals surface area contributed by atoms with Crippen molar-refractivity contribution in [2.24, 2.45) is 4.99 Å². The first kappa shape index (κ1) is 27.8. The fourth-order valence-corrected chi connectivity index (χ4v) is 3.03. The van der Waals surface area contributed by atoms with Crippen LogP contribution in [0.25, 0.3) is 0 Å². The van der Waals surface area contributed by atoms with Crippen LogP contribution in [0.5, 0.6) is 17.2 Å². The second-order valence-corrected chi connectivity index (χ2v) is 7.01. The Balaban J connectivity index is 0.00000512. The molecule has 0 radical (unpaired) electrons. The van der Waals surface area contributed by atoms with Gasteiger partial charge in [0.2, 0.25) is 0 Å². The van der Waals surface area contributed by atoms with Crippen molar-refractivity contribution in [3.63, 3.8) is 0 Å². The summed E-state index contributed by atoms with van der Waals surface area (Å²) in [4.78, 5) is 4.73. The van der Waals surface area contributed by atoms with E-state index in [-0.39, 0.29) is 24.0 Å². The topological polar surface area (TPSA) is 73.3 Å². The van der Waals surface area contributed by atoms with Crippen molar-refractivity contribution in [2.75, 3.05) is 47.6 Å². The highest BCUT2D eigenvalue weighted by Crippen LogP contribution is 2.27. The number of rotatable bonds is 12. The lowest BCUT2D eigenvalue weighted by Crippen LogP contribution is -2.38. The Morgan fingerprint density at radius 3 is 2.38 bits per heavy atom. The van der Waals surface area contributed by atoms with Crippen molar-refractivity contribution in [3.8, 4) is 17.2 Å². The van der Waals surface area contributed by atoms with E-state index in [0.717, 1.165) is 59.4 Å². The predicted octanol–water partition coefficient (Wildman–Crippen LogP) is 3.95. The van der Waals surface area contributed by atoms with Crippen LogP contribution in [0.3, 0.4) is 0 Å². The summed E-state index contributed by atoms with van der Waals surface area (Å²) in [6, 6.07) is 12.1. The molecular formula is C24H36IN3O4. The van der Waals surface area contributed by atoms with Crippen molar-refractivity contribution in [3.05, 3.63) is 53.1 Å². The minimum absolute atomic E-state index is 0. The number of hydrogen-bond donors (Lipinski definition) is 2. The lowest BCUT2D eigenvalue weighted by molar-refractivity contribution is 0.145. The van der Waals surface area contributed by atoms with Gasteiger partial charge < -0.3 is 29.6 Å². The quantitative estimate of drug-likeness (QED) is 0.178. The van der Waals surface area contributed by atoms with E-state index in [1.807, 2.05) is 24.3 Å². The Morgan fingerprint density at radius 2 is 1.69 bits per heavy atom. The predicted molar refractivity (Wildman–Crippen MR) is 140 cm³/mol. The van der Waals surface area contributed by atoms with Crippen LogP contribution in [0.1, 0.15) is 23.6 Å². The van der Waals surface area contributed by atoms with E-state index in [0.29, 0.717) is 19.8 Å². The number of halogens is 1. The van der Waals surface area contributed by atoms with Crippen molar-refractivity contribution in [1.29, 1.82) is 0 Å². The molecule has 7 nitrogen and oxygen atoms in total. The van der Waals surface area contributed by atoms with E-state index >= 15 is 0 Å². The molecular weight excluding hydrogens is 521 g/mol. The molecule has 32 heavy (non-hydrogen) atoms. The fraction of sp³-hybridized carbons (Fsp3) is 0.458. The van der Waals surface area contributed by atoms with Gasteiger partial charge in [0, 0.05) is 25.8 Å². The van der Waals surface area contributed by atoms with E-state index in [1.54, 1.807) is 21.3 Å². The molecule has 178 valence electrons. The number of aliphatic imine (C=N–C) groups is 1. The van der Waals surface area contributed by atoms with Gasteiger partial charge in [-0.3, -0.25) is 0 Å². The molecule has 0 fully saturated rings. The van der Waals surface area contributed by atoms with E-state index in [2.05, 4.69) is 36.6 Å². The minimum atomic E-state index is 0. The Morgan fingerprint density at radius 1 is 0.906 bits per heavy atom. The van der Waals surface area contributed by atoms with Crippen molar-refractivity contribution in [2.45, 2.75) is 26.8 Å². The summed E-state index contributed by atoms with van der Waals surface area (Å²) in [5.74, 6) is 3.09. The summed E-state index contributed by atoms with van der Waals surface area (Å²) in [5, 5.41) is 6.69. The third-order valence-electron chi connectivity index (χ3n) is 4.67. The summed E-state index contributed by atoms with van der Waals surface area (Å²) < 4.78 is 21.6. The molecule has 2 N–H and O–H groups in total. The normalized spacial score (nSPS) is 10.8. The van der Waals surface area contributed by atoms with Crippen LogP contribution in [-0.2, 0) is 17.7 Å². The summed E-state index contributed by atoms with van der Waals surface area (Å²) in [6.45, 7) is 7.22. The highest BCUT2D eigenvalue weighted by atomic mass is 127. The average molecular weight is 557 g/mol. The van der Waals surface area contributed by atoms with Gasteiger partial charge in [-0.15, -0.1) is 24.0 Å². The maximum Gasteiger partial charge on any atom is 0.191 e. The molecule has 0 aliphatic carbocycles. The molecule has 0 aromatic heterocycles. The molecule has 2 rings (SSSR count). The first-order valence-electron chi connectivity index (χ1n) is 10.6. The molecule has 0 aliphatic rings. The largest absolute Gasteiger partial charge is 0.493 e. The van der Waals surface area contributed by atoms with E-state index in [1.165, 1.54) is 0 Å². The molecule has 0 heterocycles. The van der Waals surface area contributed by atoms with Gasteiger partial charge in [-0.1, -0.05) is 18.2 Å². The summed E-state index contributed by atoms with van der Waals surface area (Å²) in [6.07, 6.45) is 0.834. The molecule has 2 aromatic rings. The van der Waals surface area contributed by atoms with Crippen LogP contribution in [0, 0.1) is 6.92 Å². The van der Waals surface area contributed by atoms with E-state index in [9.17, 15) is 0 Å². The van der Waals surface area contributed by atoms with Crippen LogP contribution in [0.4, 0.5) is 0 Å². The van der Waals surface area contributed by atoms with Gasteiger partial charge in [0.05, 0.1) is 27.4 Å². The number of guanidine groups is 1. The van der Waals surface area contributed by atoms with Gasteiger partial charge in [-0.05, 0) is 49.6 Å². The summed E-state index contributed by atoms with van der Waals surface area (Å²) in [7, 11) is 4.95. The van der Waals surface area contributed by atoms with Gasteiger partial charge in [-0.2, -0.15) is 0 Å². The third kappa shape index (κ3) is 9.12. The Bertz CT molecular complexity index is 846. The zero-order valence-electron chi connectivity index (χ0n) is 19.7. The van der Waals surface area contributed by atoms with E-state index < -0.39 is 0 Å². The molecule has 0 amide bonds. The molecule has 8 heteroatoms. The van der Waals surface area contributed by atoms with Crippen molar-refractivity contribution >= 4 is 29.9 Å². The average Bonchev–Trinajstić information content (AvgIpc) is 2.78. The van der Waals surface area contributed by atoms with E-state index in [4.69, 9.17) is 23.9 Å². The number of ether oxygens (including phenoxy) is 4. The molecule has 0 aliphatic heterocycles. The second-order valence-electron chi connectivity index (χ2n) is 7.01. The van der Waals surface area contributed by atoms with Crippen molar-refractivity contribution in [1.82, 2.24) is 10.6 Å². The highest BCUT2D eigenvalue weighted by molar-refractivity contribution is 14.0. The standard InChI is InChI=1S/C24H35N3O4.HI/c1-6-25-24(26-12-11-19-8-10-21(29-4)23(16-19)30-5)27-17-20-9-7-18(2)15-22(20)31-14-13-28-3;/h7-10,15-16H,6,11-14,17H2,1-5H3,(H2,25,26,27);1H. The number of methoxy groups -OCH3 is 3. The zero-order chi connectivity index (χ0) is 22.5. The lowest BCUT2D eigenvalue weighted by Gasteiger charge is -2.14. The van der Waals surface area contributed by atoms with Crippen molar-refractivity contribution < 1.29 is 18.9 Å². The molecule has 0 atom stereocenters. The molecule has 2 aromatic carbocycles. The highest BCUT2D eigenvalue weighted by Gasteiger charge is 2.07. The zero-order valence-corrected chi connectivity index (χ0v) is 22.0. The molecule has 0 bridgehead atoms. The molecule has 0 saturated carbocycles. The monoisotopic (exact) mass is 557 g/mol. The lowest BCUT2D eigenvalue weighted by atomic mass is 10.1. The fourth-order valence-electron chi connectivity index (χ4n) is 3.03. The second kappa shape index (κ2) is 15.6. The third-order valence-corrected chi connectivity index (χ3v) is 4.67. The SMILES string of the molecule is CCNC(=NCc1ccc(C)cc1OCCOC)NCCc1ccc(OC)c(OC)c1.I. The van der Waals surface area contributed by atoms with Crippen LogP contribution < -0.4 is 24.8 Å². The summed E-state index contributed by atoms with van der Waals surface area (Å²) in [5.41, 5.74) is 3.35. The van der Waals surface area contributed by atoms with Gasteiger partial charge in [-0.25, -0.2) is 4.99 Å². The number of benzene rings is 2. The summed E-state index contributed by atoms with van der Waals surface area (Å²) >= 11 is 0. The van der Waals surface area contributed by atoms with Gasteiger partial charge in [0.25, 0.3) is 0 Å². The van der Waals surface area contributed by atoms with Crippen LogP contribution in [0.15, 0.2) is 41.4 Å². The number of nitrogens with zero attached hydrogens (tertiary/aromatic N) is 1. The first-order valence-corrected chi connectivity index (χ1v) is 10.6. The molecule has 0 unspecified atom stereocenters. The maximum atomic E-state index is 5.87. The van der Waals surface area contributed by atoms with Gasteiger partial charge in [0.1, 0.15) is 12.4 Å². The molecule has 0 spiro atoms. The van der Waals surface area contributed by atoms with Crippen LogP contribution in [0.2, 0.25) is 0 Å². The van der Waals surface area contributed by atoms with Gasteiger partial charge >= 0.3 is 0 Å². The molecule has 0 saturated heterocycles. The number of aryl methyl sites for hydroxylation is 1. The van der Waals surface area contributed by atoms with Crippen LogP contribution >= 0.6 is 24.0 Å². The Hall–Kier alpha value is -2.20. The first-order chi connectivity index (χ1) is 15.1. The number of hydrogen-bond acceptors (Lipinski definition) is 5. The Labute approximate surface area is 208 Å². The maximum absolute atomic E-state index is 5.87.